The SMILES string of the molecule is NC(=O)C(c1csc2ccccc12)N1CCCNCC1. The summed E-state index contributed by atoms with van der Waals surface area (Å²) in [5, 5.41) is 6.60. The smallest absolute Gasteiger partial charge is 0.239 e. The molecule has 1 amide bonds. The summed E-state index contributed by atoms with van der Waals surface area (Å²) in [5.74, 6) is -0.254. The Labute approximate surface area is 122 Å². The van der Waals surface area contributed by atoms with Gasteiger partial charge < -0.3 is 11.1 Å². The maximum atomic E-state index is 12.0. The zero-order chi connectivity index (χ0) is 13.9. The first-order chi connectivity index (χ1) is 9.77. The van der Waals surface area contributed by atoms with Gasteiger partial charge in [0.2, 0.25) is 5.91 Å². The van der Waals surface area contributed by atoms with Gasteiger partial charge in [-0.05, 0) is 35.4 Å². The highest BCUT2D eigenvalue weighted by atomic mass is 32.1. The van der Waals surface area contributed by atoms with Crippen molar-refractivity contribution >= 4 is 27.3 Å². The van der Waals surface area contributed by atoms with Crippen molar-refractivity contribution in [2.45, 2.75) is 12.5 Å². The summed E-state index contributed by atoms with van der Waals surface area (Å²) in [4.78, 5) is 14.2. The lowest BCUT2D eigenvalue weighted by atomic mass is 10.0. The zero-order valence-corrected chi connectivity index (χ0v) is 12.2. The van der Waals surface area contributed by atoms with Gasteiger partial charge in [0.05, 0.1) is 0 Å². The number of rotatable bonds is 3. The highest BCUT2D eigenvalue weighted by Crippen LogP contribution is 2.33. The van der Waals surface area contributed by atoms with Crippen LogP contribution in [0.3, 0.4) is 0 Å². The third kappa shape index (κ3) is 2.57. The number of nitrogens with two attached hydrogens (primary N) is 1. The molecule has 0 radical (unpaired) electrons. The number of hydrogen-bond donors (Lipinski definition) is 2. The summed E-state index contributed by atoms with van der Waals surface area (Å²) >= 11 is 1.68. The highest BCUT2D eigenvalue weighted by Gasteiger charge is 2.28. The minimum absolute atomic E-state index is 0.254. The van der Waals surface area contributed by atoms with Crippen LogP contribution in [0.25, 0.3) is 10.1 Å². The van der Waals surface area contributed by atoms with Crippen molar-refractivity contribution in [3.05, 3.63) is 35.2 Å². The molecule has 3 rings (SSSR count). The number of primary amides is 1. The molecule has 2 aromatic rings. The summed E-state index contributed by atoms with van der Waals surface area (Å²) in [5.41, 5.74) is 6.76. The lowest BCUT2D eigenvalue weighted by molar-refractivity contribution is -0.123. The molecule has 0 spiro atoms. The molecule has 1 aliphatic rings. The number of hydrogen-bond acceptors (Lipinski definition) is 4. The van der Waals surface area contributed by atoms with Crippen LogP contribution in [0.2, 0.25) is 0 Å². The van der Waals surface area contributed by atoms with E-state index in [9.17, 15) is 4.79 Å². The topological polar surface area (TPSA) is 58.4 Å². The van der Waals surface area contributed by atoms with Crippen LogP contribution in [-0.4, -0.2) is 37.0 Å². The highest BCUT2D eigenvalue weighted by molar-refractivity contribution is 7.17. The van der Waals surface area contributed by atoms with Crippen LogP contribution < -0.4 is 11.1 Å². The van der Waals surface area contributed by atoms with E-state index < -0.39 is 0 Å². The Bertz CT molecular complexity index is 602. The van der Waals surface area contributed by atoms with Gasteiger partial charge in [-0.25, -0.2) is 0 Å². The first-order valence-corrected chi connectivity index (χ1v) is 7.85. The lowest BCUT2D eigenvalue weighted by Gasteiger charge is -2.27. The summed E-state index contributed by atoms with van der Waals surface area (Å²) < 4.78 is 1.21. The van der Waals surface area contributed by atoms with Crippen molar-refractivity contribution in [3.8, 4) is 0 Å². The Kier molecular flexibility index (Phi) is 4.00. The number of carbonyl (C=O) groups is 1. The van der Waals surface area contributed by atoms with E-state index in [1.54, 1.807) is 11.3 Å². The monoisotopic (exact) mass is 289 g/mol. The second kappa shape index (κ2) is 5.91. The predicted molar refractivity (Wildman–Crippen MR) is 82.8 cm³/mol. The fourth-order valence-electron chi connectivity index (χ4n) is 2.86. The molecular weight excluding hydrogens is 270 g/mol. The predicted octanol–water partition coefficient (Wildman–Crippen LogP) is 1.72. The molecule has 1 aromatic carbocycles. The number of nitrogens with zero attached hydrogens (tertiary/aromatic N) is 1. The van der Waals surface area contributed by atoms with E-state index in [4.69, 9.17) is 5.73 Å². The zero-order valence-electron chi connectivity index (χ0n) is 11.3. The van der Waals surface area contributed by atoms with Gasteiger partial charge in [0, 0.05) is 24.3 Å². The summed E-state index contributed by atoms with van der Waals surface area (Å²) in [6, 6.07) is 7.89. The lowest BCUT2D eigenvalue weighted by Crippen LogP contribution is -2.39. The van der Waals surface area contributed by atoms with Crippen LogP contribution in [0.4, 0.5) is 0 Å². The molecule has 1 atom stereocenters. The van der Waals surface area contributed by atoms with E-state index >= 15 is 0 Å². The van der Waals surface area contributed by atoms with Crippen LogP contribution in [0.1, 0.15) is 18.0 Å². The molecule has 1 aliphatic heterocycles. The first kappa shape index (κ1) is 13.5. The largest absolute Gasteiger partial charge is 0.368 e. The molecule has 5 heteroatoms. The number of carbonyl (C=O) groups excluding carboxylic acids is 1. The first-order valence-electron chi connectivity index (χ1n) is 6.97. The van der Waals surface area contributed by atoms with E-state index in [1.807, 2.05) is 12.1 Å². The minimum Gasteiger partial charge on any atom is -0.368 e. The molecular formula is C15H19N3OS. The molecule has 106 valence electrons. The molecule has 0 aliphatic carbocycles. The molecule has 1 saturated heterocycles. The van der Waals surface area contributed by atoms with Gasteiger partial charge in [-0.15, -0.1) is 11.3 Å². The van der Waals surface area contributed by atoms with E-state index in [0.717, 1.165) is 43.5 Å². The molecule has 0 saturated carbocycles. The number of nitrogens with one attached hydrogen (secondary N) is 1. The van der Waals surface area contributed by atoms with Gasteiger partial charge in [0.1, 0.15) is 6.04 Å². The van der Waals surface area contributed by atoms with Gasteiger partial charge in [-0.1, -0.05) is 18.2 Å². The second-order valence-corrected chi connectivity index (χ2v) is 6.04. The van der Waals surface area contributed by atoms with E-state index in [0.29, 0.717) is 0 Å². The maximum absolute atomic E-state index is 12.0. The third-order valence-electron chi connectivity index (χ3n) is 3.81. The van der Waals surface area contributed by atoms with Crippen molar-refractivity contribution in [2.75, 3.05) is 26.2 Å². The third-order valence-corrected chi connectivity index (χ3v) is 4.80. The van der Waals surface area contributed by atoms with Crippen LogP contribution in [0, 0.1) is 0 Å². The summed E-state index contributed by atoms with van der Waals surface area (Å²) in [7, 11) is 0. The fraction of sp³-hybridized carbons (Fsp3) is 0.400. The molecule has 20 heavy (non-hydrogen) atoms. The fourth-order valence-corrected chi connectivity index (χ4v) is 3.84. The number of fused-ring (bicyclic) bond motifs is 1. The van der Waals surface area contributed by atoms with E-state index in [-0.39, 0.29) is 11.9 Å². The van der Waals surface area contributed by atoms with E-state index in [1.165, 1.54) is 4.70 Å². The Morgan fingerprint density at radius 2 is 2.15 bits per heavy atom. The van der Waals surface area contributed by atoms with Crippen molar-refractivity contribution < 1.29 is 4.79 Å². The van der Waals surface area contributed by atoms with Gasteiger partial charge >= 0.3 is 0 Å². The standard InChI is InChI=1S/C15H19N3OS/c16-15(19)14(18-8-3-6-17-7-9-18)12-10-20-13-5-2-1-4-11(12)13/h1-2,4-5,10,14,17H,3,6-9H2,(H2,16,19). The number of benzene rings is 1. The average Bonchev–Trinajstić information content (AvgIpc) is 2.68. The number of thiophene rings is 1. The molecule has 1 aromatic heterocycles. The van der Waals surface area contributed by atoms with Crippen molar-refractivity contribution in [2.24, 2.45) is 5.73 Å². The Hall–Kier alpha value is -1.43. The Morgan fingerprint density at radius 3 is 3.00 bits per heavy atom. The second-order valence-electron chi connectivity index (χ2n) is 5.13. The van der Waals surface area contributed by atoms with Gasteiger partial charge in [-0.2, -0.15) is 0 Å². The molecule has 2 heterocycles. The van der Waals surface area contributed by atoms with Crippen LogP contribution in [0.5, 0.6) is 0 Å². The van der Waals surface area contributed by atoms with E-state index in [2.05, 4.69) is 27.7 Å². The van der Waals surface area contributed by atoms with Gasteiger partial charge in [-0.3, -0.25) is 9.69 Å². The van der Waals surface area contributed by atoms with Crippen molar-refractivity contribution in [1.29, 1.82) is 0 Å². The normalized spacial score (nSPS) is 18.8. The Balaban J connectivity index is 1.99. The van der Waals surface area contributed by atoms with Gasteiger partial charge in [0.15, 0.2) is 0 Å². The van der Waals surface area contributed by atoms with Crippen LogP contribution >= 0.6 is 11.3 Å². The molecule has 1 unspecified atom stereocenters. The quantitative estimate of drug-likeness (QED) is 0.904. The maximum Gasteiger partial charge on any atom is 0.239 e. The molecule has 1 fully saturated rings. The summed E-state index contributed by atoms with van der Waals surface area (Å²) in [6.07, 6.45) is 1.05. The minimum atomic E-state index is -0.314. The molecule has 4 nitrogen and oxygen atoms in total. The average molecular weight is 289 g/mol. The van der Waals surface area contributed by atoms with Gasteiger partial charge in [0.25, 0.3) is 0 Å². The van der Waals surface area contributed by atoms with Crippen LogP contribution in [-0.2, 0) is 4.79 Å². The molecule has 0 bridgehead atoms. The van der Waals surface area contributed by atoms with Crippen molar-refractivity contribution in [1.82, 2.24) is 10.2 Å². The van der Waals surface area contributed by atoms with Crippen LogP contribution in [0.15, 0.2) is 29.6 Å². The number of amides is 1. The molecule has 3 N–H and O–H groups in total. The summed E-state index contributed by atoms with van der Waals surface area (Å²) in [6.45, 7) is 3.68. The Morgan fingerprint density at radius 1 is 1.30 bits per heavy atom. The van der Waals surface area contributed by atoms with Crippen molar-refractivity contribution in [3.63, 3.8) is 0 Å².